The first-order valence-corrected chi connectivity index (χ1v) is 11.9. The van der Waals surface area contributed by atoms with E-state index in [4.69, 9.17) is 16.9 Å². The van der Waals surface area contributed by atoms with Gasteiger partial charge in [-0.2, -0.15) is 0 Å². The molecule has 37 heavy (non-hydrogen) atoms. The van der Waals surface area contributed by atoms with Gasteiger partial charge in [0.25, 0.3) is 0 Å². The summed E-state index contributed by atoms with van der Waals surface area (Å²) in [5, 5.41) is 5.03. The fraction of sp³-hybridized carbons (Fsp3) is 0.500. The van der Waals surface area contributed by atoms with E-state index >= 15 is 0 Å². The highest BCUT2D eigenvalue weighted by Crippen LogP contribution is 2.36. The van der Waals surface area contributed by atoms with E-state index in [1.807, 2.05) is 0 Å². The normalized spacial score (nSPS) is 14.4. The summed E-state index contributed by atoms with van der Waals surface area (Å²) in [6.07, 6.45) is 5.58. The lowest BCUT2D eigenvalue weighted by Crippen LogP contribution is -2.54. The number of carbonyl (C=O) groups excluding carboxylic acids is 5. The Bertz CT molecular complexity index is 1050. The first kappa shape index (κ1) is 29.2. The monoisotopic (exact) mass is 514 g/mol. The second-order valence-electron chi connectivity index (χ2n) is 9.64. The van der Waals surface area contributed by atoms with E-state index in [0.717, 1.165) is 0 Å². The van der Waals surface area contributed by atoms with Crippen LogP contribution in [-0.4, -0.2) is 66.0 Å². The first-order valence-electron chi connectivity index (χ1n) is 11.9. The first-order chi connectivity index (χ1) is 17.4. The van der Waals surface area contributed by atoms with Crippen molar-refractivity contribution in [3.63, 3.8) is 0 Å². The second kappa shape index (κ2) is 12.8. The van der Waals surface area contributed by atoms with Gasteiger partial charge in [-0.15, -0.1) is 6.42 Å². The van der Waals surface area contributed by atoms with Crippen LogP contribution in [0.1, 0.15) is 63.6 Å². The Balaban J connectivity index is 2.44. The zero-order valence-corrected chi connectivity index (χ0v) is 21.5. The molecule has 0 saturated heterocycles. The molecule has 2 atom stereocenters. The Morgan fingerprint density at radius 1 is 1.16 bits per heavy atom. The average molecular weight is 515 g/mol. The third kappa shape index (κ3) is 9.14. The number of methoxy groups -OCH3 is 1. The van der Waals surface area contributed by atoms with E-state index in [0.29, 0.717) is 24.0 Å². The summed E-state index contributed by atoms with van der Waals surface area (Å²) in [6.45, 7) is 4.61. The topological polar surface area (TPSA) is 157 Å². The molecular weight excluding hydrogens is 480 g/mol. The van der Waals surface area contributed by atoms with Crippen LogP contribution >= 0.6 is 0 Å². The minimum atomic E-state index is -1.19. The van der Waals surface area contributed by atoms with Crippen LogP contribution < -0.4 is 16.4 Å². The van der Waals surface area contributed by atoms with Gasteiger partial charge in [-0.25, -0.2) is 4.79 Å². The zero-order chi connectivity index (χ0) is 27.8. The molecule has 2 unspecified atom stereocenters. The van der Waals surface area contributed by atoms with Crippen molar-refractivity contribution in [1.29, 1.82) is 0 Å². The number of nitrogens with two attached hydrogens (primary N) is 1. The molecule has 0 heterocycles. The van der Waals surface area contributed by atoms with E-state index in [-0.39, 0.29) is 18.9 Å². The molecule has 11 heteroatoms. The molecule has 0 spiro atoms. The third-order valence-electron chi connectivity index (χ3n) is 5.42. The highest BCUT2D eigenvalue weighted by Gasteiger charge is 2.44. The van der Waals surface area contributed by atoms with Crippen LogP contribution in [0.4, 0.5) is 4.79 Å². The van der Waals surface area contributed by atoms with Gasteiger partial charge < -0.3 is 30.7 Å². The van der Waals surface area contributed by atoms with Crippen LogP contribution in [0.15, 0.2) is 24.3 Å². The van der Waals surface area contributed by atoms with Gasteiger partial charge in [0.1, 0.15) is 24.2 Å². The molecule has 4 amide bonds. The predicted octanol–water partition coefficient (Wildman–Crippen LogP) is 1.15. The van der Waals surface area contributed by atoms with Gasteiger partial charge in [0.2, 0.25) is 17.7 Å². The van der Waals surface area contributed by atoms with Crippen LogP contribution in [0, 0.1) is 12.3 Å². The molecule has 1 saturated carbocycles. The number of hydrogen-bond acceptors (Lipinski definition) is 7. The molecule has 0 bridgehead atoms. The number of esters is 1. The van der Waals surface area contributed by atoms with Crippen LogP contribution in [0.25, 0.3) is 0 Å². The maximum Gasteiger partial charge on any atom is 0.408 e. The zero-order valence-electron chi connectivity index (χ0n) is 21.5. The number of alkyl carbamates (subject to hydrolysis) is 1. The largest absolute Gasteiger partial charge is 0.468 e. The van der Waals surface area contributed by atoms with E-state index in [1.54, 1.807) is 45.0 Å². The summed E-state index contributed by atoms with van der Waals surface area (Å²) in [5.41, 5.74) is 5.50. The number of amides is 4. The molecule has 1 aromatic rings. The van der Waals surface area contributed by atoms with Crippen molar-refractivity contribution in [3.05, 3.63) is 35.4 Å². The number of rotatable bonds is 11. The number of primary amides is 1. The van der Waals surface area contributed by atoms with Gasteiger partial charge in [-0.1, -0.05) is 18.1 Å². The van der Waals surface area contributed by atoms with Crippen LogP contribution in [0.2, 0.25) is 0 Å². The SMILES string of the molecule is C#Cc1ccc(C(C(=O)NCC(=O)OC)N(C(=O)C(CCC(N)=O)NC(=O)OC(C)(C)C)C2CC2)cc1. The molecule has 11 nitrogen and oxygen atoms in total. The molecule has 0 aromatic heterocycles. The van der Waals surface area contributed by atoms with Gasteiger partial charge in [0.05, 0.1) is 7.11 Å². The third-order valence-corrected chi connectivity index (χ3v) is 5.42. The van der Waals surface area contributed by atoms with Gasteiger partial charge in [-0.3, -0.25) is 19.2 Å². The standard InChI is InChI=1S/C26H34N4O7/c1-6-16-7-9-17(10-8-16)22(23(33)28-15-21(32)36-5)30(18-11-12-18)24(34)19(13-14-20(27)31)29-25(35)37-26(2,3)4/h1,7-10,18-19,22H,11-15H2,2-5H3,(H2,27,31)(H,28,33)(H,29,35). The lowest BCUT2D eigenvalue weighted by molar-refractivity contribution is -0.145. The van der Waals surface area contributed by atoms with Crippen molar-refractivity contribution in [1.82, 2.24) is 15.5 Å². The molecule has 0 radical (unpaired) electrons. The molecule has 1 aromatic carbocycles. The average Bonchev–Trinajstić information content (AvgIpc) is 3.66. The second-order valence-corrected chi connectivity index (χ2v) is 9.64. The Kier molecular flexibility index (Phi) is 10.1. The lowest BCUT2D eigenvalue weighted by Gasteiger charge is -2.34. The number of nitrogens with zero attached hydrogens (tertiary/aromatic N) is 1. The number of carbonyl (C=O) groups is 5. The number of nitrogens with one attached hydrogen (secondary N) is 2. The molecule has 0 aliphatic heterocycles. The van der Waals surface area contributed by atoms with Gasteiger partial charge in [0, 0.05) is 18.0 Å². The molecule has 1 aliphatic rings. The minimum absolute atomic E-state index is 0.0941. The summed E-state index contributed by atoms with van der Waals surface area (Å²) < 4.78 is 9.89. The fourth-order valence-electron chi connectivity index (χ4n) is 3.57. The fourth-order valence-corrected chi connectivity index (χ4v) is 3.57. The van der Waals surface area contributed by atoms with Crippen molar-refractivity contribution in [2.45, 2.75) is 70.2 Å². The predicted molar refractivity (Wildman–Crippen MR) is 134 cm³/mol. The van der Waals surface area contributed by atoms with Gasteiger partial charge in [0.15, 0.2) is 0 Å². The Morgan fingerprint density at radius 2 is 1.78 bits per heavy atom. The van der Waals surface area contributed by atoms with E-state index in [9.17, 15) is 24.0 Å². The number of hydrogen-bond donors (Lipinski definition) is 3. The summed E-state index contributed by atoms with van der Waals surface area (Å²) in [5.74, 6) is -0.0297. The Hall–Kier alpha value is -4.07. The molecule has 4 N–H and O–H groups in total. The van der Waals surface area contributed by atoms with Crippen LogP contribution in [0.5, 0.6) is 0 Å². The maximum atomic E-state index is 13.9. The van der Waals surface area contributed by atoms with Crippen LogP contribution in [0.3, 0.4) is 0 Å². The highest BCUT2D eigenvalue weighted by atomic mass is 16.6. The van der Waals surface area contributed by atoms with Gasteiger partial charge >= 0.3 is 12.1 Å². The molecule has 1 aliphatic carbocycles. The van der Waals surface area contributed by atoms with Crippen LogP contribution in [-0.2, 0) is 28.7 Å². The number of ether oxygens (including phenoxy) is 2. The van der Waals surface area contributed by atoms with Crippen molar-refractivity contribution < 1.29 is 33.4 Å². The van der Waals surface area contributed by atoms with E-state index in [1.165, 1.54) is 12.0 Å². The molecule has 2 rings (SSSR count). The van der Waals surface area contributed by atoms with Crippen molar-refractivity contribution in [2.75, 3.05) is 13.7 Å². The summed E-state index contributed by atoms with van der Waals surface area (Å²) in [7, 11) is 1.19. The van der Waals surface area contributed by atoms with E-state index in [2.05, 4.69) is 21.3 Å². The van der Waals surface area contributed by atoms with Gasteiger partial charge in [-0.05, 0) is 57.7 Å². The van der Waals surface area contributed by atoms with Crippen molar-refractivity contribution in [3.8, 4) is 12.3 Å². The molecule has 200 valence electrons. The van der Waals surface area contributed by atoms with E-state index < -0.39 is 54.0 Å². The number of terminal acetylenes is 1. The number of benzene rings is 1. The van der Waals surface area contributed by atoms with Crippen molar-refractivity contribution in [2.24, 2.45) is 5.73 Å². The van der Waals surface area contributed by atoms with Crippen molar-refractivity contribution >= 4 is 29.8 Å². The Morgan fingerprint density at radius 3 is 2.27 bits per heavy atom. The minimum Gasteiger partial charge on any atom is -0.468 e. The lowest BCUT2D eigenvalue weighted by atomic mass is 10.00. The highest BCUT2D eigenvalue weighted by molar-refractivity contribution is 5.94. The Labute approximate surface area is 216 Å². The maximum absolute atomic E-state index is 13.9. The molecular formula is C26H34N4O7. The quantitative estimate of drug-likeness (QED) is 0.295. The summed E-state index contributed by atoms with van der Waals surface area (Å²) in [6, 6.07) is 3.88. The summed E-state index contributed by atoms with van der Waals surface area (Å²) in [4.78, 5) is 64.3. The summed E-state index contributed by atoms with van der Waals surface area (Å²) >= 11 is 0. The molecule has 1 fully saturated rings. The smallest absolute Gasteiger partial charge is 0.408 e.